The summed E-state index contributed by atoms with van der Waals surface area (Å²) in [6, 6.07) is 9.34. The van der Waals surface area contributed by atoms with Gasteiger partial charge in [0.1, 0.15) is 0 Å². The number of carbonyl (C=O) groups is 1. The van der Waals surface area contributed by atoms with Crippen LogP contribution >= 0.6 is 11.3 Å². The number of hydrogen-bond donors (Lipinski definition) is 2. The number of hydrogen-bond acceptors (Lipinski definition) is 3. The Morgan fingerprint density at radius 1 is 1.42 bits per heavy atom. The van der Waals surface area contributed by atoms with Crippen LogP contribution in [0.1, 0.15) is 20.8 Å². The first-order valence-corrected chi connectivity index (χ1v) is 6.73. The van der Waals surface area contributed by atoms with E-state index in [9.17, 15) is 4.79 Å². The molecule has 1 amide bonds. The largest absolute Gasteiger partial charge is 0.321 e. The SMILES string of the molecule is Cc1cc(C#CCN)ccc1NC(=O)c1cccs1. The third-order valence-corrected chi connectivity index (χ3v) is 3.42. The summed E-state index contributed by atoms with van der Waals surface area (Å²) < 4.78 is 0. The van der Waals surface area contributed by atoms with Crippen molar-refractivity contribution in [1.29, 1.82) is 0 Å². The van der Waals surface area contributed by atoms with Crippen molar-refractivity contribution >= 4 is 22.9 Å². The van der Waals surface area contributed by atoms with Crippen LogP contribution in [0.2, 0.25) is 0 Å². The highest BCUT2D eigenvalue weighted by atomic mass is 32.1. The molecule has 0 bridgehead atoms. The van der Waals surface area contributed by atoms with Gasteiger partial charge in [0.2, 0.25) is 0 Å². The predicted molar refractivity (Wildman–Crippen MR) is 79.4 cm³/mol. The Morgan fingerprint density at radius 3 is 2.89 bits per heavy atom. The van der Waals surface area contributed by atoms with Gasteiger partial charge in [-0.2, -0.15) is 0 Å². The molecule has 2 aromatic rings. The smallest absolute Gasteiger partial charge is 0.265 e. The third kappa shape index (κ3) is 3.44. The van der Waals surface area contributed by atoms with Crippen molar-refractivity contribution in [3.8, 4) is 11.8 Å². The zero-order chi connectivity index (χ0) is 13.7. The monoisotopic (exact) mass is 270 g/mol. The Bertz CT molecular complexity index is 636. The molecule has 0 fully saturated rings. The molecule has 4 heteroatoms. The Labute approximate surface area is 116 Å². The molecule has 0 aliphatic heterocycles. The fraction of sp³-hybridized carbons (Fsp3) is 0.133. The Hall–Kier alpha value is -2.09. The molecule has 1 aromatic heterocycles. The molecule has 2 rings (SSSR count). The number of benzene rings is 1. The van der Waals surface area contributed by atoms with Crippen LogP contribution in [0.25, 0.3) is 0 Å². The number of nitrogens with two attached hydrogens (primary N) is 1. The molecular formula is C15H14N2OS. The second-order valence-electron chi connectivity index (χ2n) is 3.97. The van der Waals surface area contributed by atoms with Gasteiger partial charge in [-0.25, -0.2) is 0 Å². The number of nitrogens with one attached hydrogen (secondary N) is 1. The molecule has 0 aliphatic rings. The highest BCUT2D eigenvalue weighted by Crippen LogP contribution is 2.18. The quantitative estimate of drug-likeness (QED) is 0.824. The molecule has 19 heavy (non-hydrogen) atoms. The van der Waals surface area contributed by atoms with E-state index in [4.69, 9.17) is 5.73 Å². The Morgan fingerprint density at radius 2 is 2.26 bits per heavy atom. The van der Waals surface area contributed by atoms with Gasteiger partial charge < -0.3 is 11.1 Å². The first-order valence-electron chi connectivity index (χ1n) is 5.85. The number of thiophene rings is 1. The van der Waals surface area contributed by atoms with Crippen LogP contribution in [-0.4, -0.2) is 12.5 Å². The van der Waals surface area contributed by atoms with Crippen LogP contribution in [0.15, 0.2) is 35.7 Å². The average molecular weight is 270 g/mol. The normalized spacial score (nSPS) is 9.58. The first-order chi connectivity index (χ1) is 9.20. The van der Waals surface area contributed by atoms with Crippen molar-refractivity contribution in [2.24, 2.45) is 5.73 Å². The van der Waals surface area contributed by atoms with Gasteiger partial charge in [-0.15, -0.1) is 11.3 Å². The number of amides is 1. The summed E-state index contributed by atoms with van der Waals surface area (Å²) in [4.78, 5) is 12.6. The molecular weight excluding hydrogens is 256 g/mol. The van der Waals surface area contributed by atoms with E-state index in [2.05, 4.69) is 17.2 Å². The van der Waals surface area contributed by atoms with Crippen LogP contribution < -0.4 is 11.1 Å². The summed E-state index contributed by atoms with van der Waals surface area (Å²) >= 11 is 1.42. The van der Waals surface area contributed by atoms with Crippen LogP contribution in [0.4, 0.5) is 5.69 Å². The Balaban J connectivity index is 2.15. The van der Waals surface area contributed by atoms with Gasteiger partial charge in [-0.05, 0) is 42.1 Å². The molecule has 0 spiro atoms. The van der Waals surface area contributed by atoms with Gasteiger partial charge in [-0.1, -0.05) is 17.9 Å². The van der Waals surface area contributed by atoms with Crippen molar-refractivity contribution < 1.29 is 4.79 Å². The molecule has 0 saturated carbocycles. The minimum absolute atomic E-state index is 0.0844. The minimum Gasteiger partial charge on any atom is -0.321 e. The molecule has 0 saturated heterocycles. The lowest BCUT2D eigenvalue weighted by molar-refractivity contribution is 0.103. The molecule has 1 heterocycles. The number of aryl methyl sites for hydroxylation is 1. The van der Waals surface area contributed by atoms with Gasteiger partial charge in [0.25, 0.3) is 5.91 Å². The van der Waals surface area contributed by atoms with Crippen molar-refractivity contribution in [2.75, 3.05) is 11.9 Å². The van der Waals surface area contributed by atoms with Gasteiger partial charge in [-0.3, -0.25) is 4.79 Å². The molecule has 1 aromatic carbocycles. The molecule has 0 unspecified atom stereocenters. The first kappa shape index (κ1) is 13.3. The van der Waals surface area contributed by atoms with Crippen LogP contribution in [0.3, 0.4) is 0 Å². The second-order valence-corrected chi connectivity index (χ2v) is 4.91. The van der Waals surface area contributed by atoms with E-state index >= 15 is 0 Å². The maximum atomic E-state index is 11.9. The topological polar surface area (TPSA) is 55.1 Å². The number of rotatable bonds is 2. The van der Waals surface area contributed by atoms with E-state index in [1.807, 2.05) is 36.6 Å². The van der Waals surface area contributed by atoms with Crippen LogP contribution in [0.5, 0.6) is 0 Å². The zero-order valence-electron chi connectivity index (χ0n) is 10.6. The van der Waals surface area contributed by atoms with E-state index in [-0.39, 0.29) is 5.91 Å². The zero-order valence-corrected chi connectivity index (χ0v) is 11.4. The van der Waals surface area contributed by atoms with Crippen molar-refractivity contribution in [3.63, 3.8) is 0 Å². The van der Waals surface area contributed by atoms with E-state index in [0.29, 0.717) is 11.4 Å². The van der Waals surface area contributed by atoms with Gasteiger partial charge in [0.15, 0.2) is 0 Å². The molecule has 0 aliphatic carbocycles. The highest BCUT2D eigenvalue weighted by molar-refractivity contribution is 7.12. The molecule has 0 atom stereocenters. The van der Waals surface area contributed by atoms with E-state index in [1.165, 1.54) is 11.3 Å². The number of anilines is 1. The van der Waals surface area contributed by atoms with Gasteiger partial charge >= 0.3 is 0 Å². The highest BCUT2D eigenvalue weighted by Gasteiger charge is 2.08. The van der Waals surface area contributed by atoms with Gasteiger partial charge in [0, 0.05) is 11.3 Å². The molecule has 0 radical (unpaired) electrons. The Kier molecular flexibility index (Phi) is 4.35. The van der Waals surface area contributed by atoms with E-state index in [1.54, 1.807) is 6.07 Å². The maximum Gasteiger partial charge on any atom is 0.265 e. The standard InChI is InChI=1S/C15H14N2OS/c1-11-10-12(4-2-8-16)6-7-13(11)17-15(18)14-5-3-9-19-14/h3,5-7,9-10H,8,16H2,1H3,(H,17,18). The van der Waals surface area contributed by atoms with Crippen LogP contribution in [-0.2, 0) is 0 Å². The second kappa shape index (κ2) is 6.19. The van der Waals surface area contributed by atoms with Crippen molar-refractivity contribution in [3.05, 3.63) is 51.7 Å². The lowest BCUT2D eigenvalue weighted by Gasteiger charge is -2.07. The number of carbonyl (C=O) groups excluding carboxylic acids is 1. The fourth-order valence-corrected chi connectivity index (χ4v) is 2.25. The summed E-state index contributed by atoms with van der Waals surface area (Å²) in [5.41, 5.74) is 8.02. The fourth-order valence-electron chi connectivity index (χ4n) is 1.63. The summed E-state index contributed by atoms with van der Waals surface area (Å²) in [7, 11) is 0. The minimum atomic E-state index is -0.0844. The molecule has 3 N–H and O–H groups in total. The van der Waals surface area contributed by atoms with Crippen molar-refractivity contribution in [1.82, 2.24) is 0 Å². The van der Waals surface area contributed by atoms with E-state index < -0.39 is 0 Å². The third-order valence-electron chi connectivity index (χ3n) is 2.55. The summed E-state index contributed by atoms with van der Waals surface area (Å²) in [6.45, 7) is 2.29. The van der Waals surface area contributed by atoms with Crippen LogP contribution in [0, 0.1) is 18.8 Å². The lowest BCUT2D eigenvalue weighted by Crippen LogP contribution is -2.11. The lowest BCUT2D eigenvalue weighted by atomic mass is 10.1. The average Bonchev–Trinajstić information content (AvgIpc) is 2.93. The summed E-state index contributed by atoms with van der Waals surface area (Å²) in [5.74, 6) is 5.69. The van der Waals surface area contributed by atoms with Crippen molar-refractivity contribution in [2.45, 2.75) is 6.92 Å². The maximum absolute atomic E-state index is 11.9. The summed E-state index contributed by atoms with van der Waals surface area (Å²) in [5, 5.41) is 4.78. The molecule has 3 nitrogen and oxygen atoms in total. The predicted octanol–water partition coefficient (Wildman–Crippen LogP) is 2.62. The summed E-state index contributed by atoms with van der Waals surface area (Å²) in [6.07, 6.45) is 0. The van der Waals surface area contributed by atoms with E-state index in [0.717, 1.165) is 16.8 Å². The van der Waals surface area contributed by atoms with Gasteiger partial charge in [0.05, 0.1) is 11.4 Å². The molecule has 96 valence electrons.